The molecular weight excluding hydrogens is 298 g/mol. The zero-order valence-electron chi connectivity index (χ0n) is 12.8. The summed E-state index contributed by atoms with van der Waals surface area (Å²) < 4.78 is 1.48. The van der Waals surface area contributed by atoms with Crippen LogP contribution in [0.3, 0.4) is 0 Å². The third-order valence-electron chi connectivity index (χ3n) is 4.42. The number of aryl methyl sites for hydroxylation is 2. The molecule has 1 N–H and O–H groups in total. The smallest absolute Gasteiger partial charge is 0.267 e. The molecule has 2 aliphatic rings. The number of fused-ring (bicyclic) bond motifs is 1. The van der Waals surface area contributed by atoms with Crippen molar-refractivity contribution < 1.29 is 4.79 Å². The summed E-state index contributed by atoms with van der Waals surface area (Å²) in [6.07, 6.45) is 8.09. The molecule has 1 aromatic heterocycles. The maximum atomic E-state index is 11.9. The zero-order valence-corrected chi connectivity index (χ0v) is 13.7. The molecule has 1 saturated carbocycles. The lowest BCUT2D eigenvalue weighted by atomic mass is 10.2. The number of aromatic nitrogens is 2. The van der Waals surface area contributed by atoms with E-state index in [0.29, 0.717) is 24.1 Å². The molecule has 0 saturated heterocycles. The summed E-state index contributed by atoms with van der Waals surface area (Å²) >= 11 is 1.76. The largest absolute Gasteiger partial charge is 0.354 e. The second-order valence-electron chi connectivity index (χ2n) is 6.10. The van der Waals surface area contributed by atoms with Gasteiger partial charge in [-0.1, -0.05) is 12.8 Å². The summed E-state index contributed by atoms with van der Waals surface area (Å²) in [5, 5.41) is 7.96. The van der Waals surface area contributed by atoms with Gasteiger partial charge in [0.1, 0.15) is 0 Å². The van der Waals surface area contributed by atoms with Crippen molar-refractivity contribution in [3.05, 3.63) is 27.7 Å². The van der Waals surface area contributed by atoms with Crippen LogP contribution in [-0.2, 0) is 24.2 Å². The van der Waals surface area contributed by atoms with Gasteiger partial charge in [0, 0.05) is 17.9 Å². The molecule has 0 spiro atoms. The average molecular weight is 321 g/mol. The van der Waals surface area contributed by atoms with Gasteiger partial charge in [-0.25, -0.2) is 4.68 Å². The SMILES string of the molecule is O=C(CSC1CCCC1)NCCn1nc2c(cc1=O)CCC2. The van der Waals surface area contributed by atoms with Crippen molar-refractivity contribution in [3.63, 3.8) is 0 Å². The van der Waals surface area contributed by atoms with Gasteiger partial charge in [-0.15, -0.1) is 11.8 Å². The predicted molar refractivity (Wildman–Crippen MR) is 88.2 cm³/mol. The van der Waals surface area contributed by atoms with Crippen molar-refractivity contribution >= 4 is 17.7 Å². The fraction of sp³-hybridized carbons (Fsp3) is 0.688. The van der Waals surface area contributed by atoms with Gasteiger partial charge < -0.3 is 5.32 Å². The lowest BCUT2D eigenvalue weighted by Gasteiger charge is -2.10. The molecule has 5 nitrogen and oxygen atoms in total. The number of nitrogens with one attached hydrogen (secondary N) is 1. The van der Waals surface area contributed by atoms with Crippen molar-refractivity contribution in [1.82, 2.24) is 15.1 Å². The molecule has 0 bridgehead atoms. The Morgan fingerprint density at radius 1 is 1.32 bits per heavy atom. The van der Waals surface area contributed by atoms with E-state index in [-0.39, 0.29) is 11.5 Å². The van der Waals surface area contributed by atoms with Crippen LogP contribution in [0.1, 0.15) is 43.4 Å². The molecule has 0 unspecified atom stereocenters. The summed E-state index contributed by atoms with van der Waals surface area (Å²) in [4.78, 5) is 23.8. The lowest BCUT2D eigenvalue weighted by molar-refractivity contribution is -0.118. The van der Waals surface area contributed by atoms with Gasteiger partial charge in [-0.05, 0) is 37.7 Å². The van der Waals surface area contributed by atoms with E-state index in [9.17, 15) is 9.59 Å². The first-order valence-corrected chi connectivity index (χ1v) is 9.25. The normalized spacial score (nSPS) is 17.6. The molecule has 6 heteroatoms. The molecule has 1 aromatic rings. The Hall–Kier alpha value is -1.30. The van der Waals surface area contributed by atoms with Gasteiger partial charge in [-0.2, -0.15) is 5.10 Å². The second kappa shape index (κ2) is 7.31. The first-order valence-electron chi connectivity index (χ1n) is 8.20. The highest BCUT2D eigenvalue weighted by Crippen LogP contribution is 2.28. The minimum absolute atomic E-state index is 0.0600. The van der Waals surface area contributed by atoms with E-state index in [4.69, 9.17) is 0 Å². The Kier molecular flexibility index (Phi) is 5.18. The van der Waals surface area contributed by atoms with Crippen molar-refractivity contribution in [2.45, 2.75) is 56.7 Å². The highest BCUT2D eigenvalue weighted by atomic mass is 32.2. The van der Waals surface area contributed by atoms with Crippen molar-refractivity contribution in [3.8, 4) is 0 Å². The molecule has 3 rings (SSSR count). The van der Waals surface area contributed by atoms with Gasteiger partial charge in [0.15, 0.2) is 0 Å². The van der Waals surface area contributed by atoms with Gasteiger partial charge in [0.2, 0.25) is 5.91 Å². The van der Waals surface area contributed by atoms with Crippen molar-refractivity contribution in [2.24, 2.45) is 0 Å². The third-order valence-corrected chi connectivity index (χ3v) is 5.79. The van der Waals surface area contributed by atoms with E-state index in [0.717, 1.165) is 30.5 Å². The maximum absolute atomic E-state index is 11.9. The number of carbonyl (C=O) groups excluding carboxylic acids is 1. The fourth-order valence-electron chi connectivity index (χ4n) is 3.20. The molecule has 1 fully saturated rings. The number of rotatable bonds is 6. The van der Waals surface area contributed by atoms with Crippen LogP contribution in [-0.4, -0.2) is 33.2 Å². The number of nitrogens with zero attached hydrogens (tertiary/aromatic N) is 2. The quantitative estimate of drug-likeness (QED) is 0.863. The Balaban J connectivity index is 1.43. The summed E-state index contributed by atoms with van der Waals surface area (Å²) in [5.74, 6) is 0.586. The van der Waals surface area contributed by atoms with Crippen LogP contribution in [0, 0.1) is 0 Å². The molecule has 2 aliphatic carbocycles. The maximum Gasteiger partial charge on any atom is 0.267 e. The molecule has 22 heavy (non-hydrogen) atoms. The van der Waals surface area contributed by atoms with Crippen LogP contribution in [0.5, 0.6) is 0 Å². The number of hydrogen-bond acceptors (Lipinski definition) is 4. The van der Waals surface area contributed by atoms with Gasteiger partial charge in [-0.3, -0.25) is 9.59 Å². The number of amides is 1. The molecule has 1 amide bonds. The Morgan fingerprint density at radius 2 is 2.14 bits per heavy atom. The van der Waals surface area contributed by atoms with E-state index in [1.807, 2.05) is 0 Å². The van der Waals surface area contributed by atoms with Crippen LogP contribution < -0.4 is 10.9 Å². The molecule has 120 valence electrons. The van der Waals surface area contributed by atoms with Crippen LogP contribution >= 0.6 is 11.8 Å². The third kappa shape index (κ3) is 3.91. The summed E-state index contributed by atoms with van der Waals surface area (Å²) in [7, 11) is 0. The highest BCUT2D eigenvalue weighted by Gasteiger charge is 2.17. The average Bonchev–Trinajstić information content (AvgIpc) is 3.16. The van der Waals surface area contributed by atoms with Gasteiger partial charge >= 0.3 is 0 Å². The first kappa shape index (κ1) is 15.6. The van der Waals surface area contributed by atoms with Crippen LogP contribution in [0.25, 0.3) is 0 Å². The fourth-order valence-corrected chi connectivity index (χ4v) is 4.36. The van der Waals surface area contributed by atoms with Crippen molar-refractivity contribution in [1.29, 1.82) is 0 Å². The zero-order chi connectivity index (χ0) is 15.4. The Bertz CT molecular complexity index is 594. The molecule has 0 radical (unpaired) electrons. The topological polar surface area (TPSA) is 64.0 Å². The first-order chi connectivity index (χ1) is 10.7. The van der Waals surface area contributed by atoms with E-state index in [1.54, 1.807) is 17.8 Å². The Labute approximate surface area is 134 Å². The minimum Gasteiger partial charge on any atom is -0.354 e. The van der Waals surface area contributed by atoms with E-state index < -0.39 is 0 Å². The van der Waals surface area contributed by atoms with E-state index in [1.165, 1.54) is 30.4 Å². The second-order valence-corrected chi connectivity index (χ2v) is 7.39. The summed E-state index contributed by atoms with van der Waals surface area (Å²) in [6.45, 7) is 0.918. The monoisotopic (exact) mass is 321 g/mol. The molecule has 0 aromatic carbocycles. The lowest BCUT2D eigenvalue weighted by Crippen LogP contribution is -2.33. The summed E-state index contributed by atoms with van der Waals surface area (Å²) in [5.41, 5.74) is 2.08. The standard InChI is InChI=1S/C16H23N3O2S/c20-15(11-22-13-5-1-2-6-13)17-8-9-19-16(21)10-12-4-3-7-14(12)18-19/h10,13H,1-9,11H2,(H,17,20). The molecule has 1 heterocycles. The number of carbonyl (C=O) groups is 1. The van der Waals surface area contributed by atoms with E-state index >= 15 is 0 Å². The van der Waals surface area contributed by atoms with Gasteiger partial charge in [0.05, 0.1) is 18.0 Å². The molecule has 0 aliphatic heterocycles. The molecule has 0 atom stereocenters. The number of hydrogen-bond donors (Lipinski definition) is 1. The predicted octanol–water partition coefficient (Wildman–Crippen LogP) is 1.52. The van der Waals surface area contributed by atoms with Crippen molar-refractivity contribution in [2.75, 3.05) is 12.3 Å². The van der Waals surface area contributed by atoms with Crippen LogP contribution in [0.2, 0.25) is 0 Å². The van der Waals surface area contributed by atoms with E-state index in [2.05, 4.69) is 10.4 Å². The number of thioether (sulfide) groups is 1. The molecular formula is C16H23N3O2S. The Morgan fingerprint density at radius 3 is 2.95 bits per heavy atom. The van der Waals surface area contributed by atoms with Crippen LogP contribution in [0.15, 0.2) is 10.9 Å². The highest BCUT2D eigenvalue weighted by molar-refractivity contribution is 8.00. The summed E-state index contributed by atoms with van der Waals surface area (Å²) in [6, 6.07) is 1.70. The van der Waals surface area contributed by atoms with Gasteiger partial charge in [0.25, 0.3) is 5.56 Å². The van der Waals surface area contributed by atoms with Crippen LogP contribution in [0.4, 0.5) is 0 Å². The minimum atomic E-state index is -0.0600.